The van der Waals surface area contributed by atoms with Crippen LogP contribution in [0, 0.1) is 17.0 Å². The molecule has 6 heteroatoms. The molecule has 1 N–H and O–H groups in total. The lowest BCUT2D eigenvalue weighted by molar-refractivity contribution is -0.385. The van der Waals surface area contributed by atoms with Crippen molar-refractivity contribution in [2.45, 2.75) is 39.9 Å². The lowest BCUT2D eigenvalue weighted by Crippen LogP contribution is -2.24. The van der Waals surface area contributed by atoms with E-state index in [1.165, 1.54) is 6.07 Å². The van der Waals surface area contributed by atoms with Gasteiger partial charge in [-0.25, -0.2) is 4.98 Å². The Hall–Kier alpha value is -2.21. The fourth-order valence-electron chi connectivity index (χ4n) is 2.17. The van der Waals surface area contributed by atoms with Gasteiger partial charge in [0.25, 0.3) is 5.69 Å². The summed E-state index contributed by atoms with van der Waals surface area (Å²) in [4.78, 5) is 15.0. The zero-order valence-electron chi connectivity index (χ0n) is 12.5. The molecular weight excluding hydrogens is 268 g/mol. The van der Waals surface area contributed by atoms with Crippen molar-refractivity contribution in [1.82, 2.24) is 14.9 Å². The molecule has 1 aromatic heterocycles. The Morgan fingerprint density at radius 3 is 2.86 bits per heavy atom. The molecule has 6 nitrogen and oxygen atoms in total. The molecule has 0 saturated heterocycles. The van der Waals surface area contributed by atoms with Gasteiger partial charge in [0, 0.05) is 36.6 Å². The van der Waals surface area contributed by atoms with Gasteiger partial charge in [-0.05, 0) is 12.5 Å². The average molecular weight is 288 g/mol. The first-order chi connectivity index (χ1) is 9.99. The van der Waals surface area contributed by atoms with Gasteiger partial charge in [0.15, 0.2) is 0 Å². The Morgan fingerprint density at radius 2 is 2.19 bits per heavy atom. The molecule has 21 heavy (non-hydrogen) atoms. The molecule has 0 radical (unpaired) electrons. The summed E-state index contributed by atoms with van der Waals surface area (Å²) in [5.41, 5.74) is 1.81. The Balaban J connectivity index is 2.21. The van der Waals surface area contributed by atoms with Gasteiger partial charge in [0.2, 0.25) is 0 Å². The number of rotatable bonds is 6. The van der Waals surface area contributed by atoms with Crippen molar-refractivity contribution >= 4 is 5.69 Å². The van der Waals surface area contributed by atoms with Crippen molar-refractivity contribution < 1.29 is 4.92 Å². The molecule has 0 unspecified atom stereocenters. The molecule has 0 fully saturated rings. The van der Waals surface area contributed by atoms with Crippen LogP contribution in [0.15, 0.2) is 30.6 Å². The Morgan fingerprint density at radius 1 is 1.43 bits per heavy atom. The summed E-state index contributed by atoms with van der Waals surface area (Å²) in [5, 5.41) is 14.3. The zero-order valence-corrected chi connectivity index (χ0v) is 12.5. The van der Waals surface area contributed by atoms with E-state index in [0.29, 0.717) is 24.7 Å². The Bertz CT molecular complexity index is 634. The molecular formula is C15H20N4O2. The SMILES string of the molecule is Cc1c(Cn2ccnc2CNC(C)C)cccc1[N+](=O)[O-]. The van der Waals surface area contributed by atoms with Crippen LogP contribution in [0.2, 0.25) is 0 Å². The number of benzene rings is 1. The summed E-state index contributed by atoms with van der Waals surface area (Å²) in [6.45, 7) is 7.22. The highest BCUT2D eigenvalue weighted by Gasteiger charge is 2.14. The number of imidazole rings is 1. The van der Waals surface area contributed by atoms with Crippen LogP contribution in [-0.4, -0.2) is 20.5 Å². The molecule has 1 heterocycles. The van der Waals surface area contributed by atoms with E-state index in [2.05, 4.69) is 24.1 Å². The van der Waals surface area contributed by atoms with Crippen LogP contribution in [0.3, 0.4) is 0 Å². The fourth-order valence-corrected chi connectivity index (χ4v) is 2.17. The van der Waals surface area contributed by atoms with Crippen molar-refractivity contribution in [2.24, 2.45) is 0 Å². The van der Waals surface area contributed by atoms with Crippen molar-refractivity contribution in [3.8, 4) is 0 Å². The minimum atomic E-state index is -0.339. The predicted molar refractivity (Wildman–Crippen MR) is 81.1 cm³/mol. The molecule has 112 valence electrons. The van der Waals surface area contributed by atoms with E-state index < -0.39 is 0 Å². The Labute approximate surface area is 124 Å². The summed E-state index contributed by atoms with van der Waals surface area (Å²) < 4.78 is 2.02. The summed E-state index contributed by atoms with van der Waals surface area (Å²) in [5.74, 6) is 0.926. The minimum absolute atomic E-state index is 0.162. The van der Waals surface area contributed by atoms with Crippen molar-refractivity contribution in [3.05, 3.63) is 57.7 Å². The molecule has 0 aliphatic heterocycles. The van der Waals surface area contributed by atoms with Crippen LogP contribution in [0.25, 0.3) is 0 Å². The third-order valence-electron chi connectivity index (χ3n) is 3.42. The van der Waals surface area contributed by atoms with E-state index in [9.17, 15) is 10.1 Å². The average Bonchev–Trinajstić information content (AvgIpc) is 2.85. The standard InChI is InChI=1S/C15H20N4O2/c1-11(2)17-9-15-16-7-8-18(15)10-13-5-4-6-14(12(13)3)19(20)21/h4-8,11,17H,9-10H2,1-3H3. The lowest BCUT2D eigenvalue weighted by Gasteiger charge is -2.12. The summed E-state index contributed by atoms with van der Waals surface area (Å²) >= 11 is 0. The van der Waals surface area contributed by atoms with E-state index in [0.717, 1.165) is 11.4 Å². The second kappa shape index (κ2) is 6.49. The highest BCUT2D eigenvalue weighted by molar-refractivity contribution is 5.44. The predicted octanol–water partition coefficient (Wildman–Crippen LogP) is 2.65. The molecule has 0 atom stereocenters. The molecule has 0 bridgehead atoms. The van der Waals surface area contributed by atoms with Gasteiger partial charge < -0.3 is 9.88 Å². The number of hydrogen-bond acceptors (Lipinski definition) is 4. The number of nitrogens with one attached hydrogen (secondary N) is 1. The van der Waals surface area contributed by atoms with E-state index in [4.69, 9.17) is 0 Å². The highest BCUT2D eigenvalue weighted by atomic mass is 16.6. The number of nitro groups is 1. The smallest absolute Gasteiger partial charge is 0.272 e. The van der Waals surface area contributed by atoms with E-state index in [-0.39, 0.29) is 10.6 Å². The van der Waals surface area contributed by atoms with Crippen LogP contribution < -0.4 is 5.32 Å². The first kappa shape index (κ1) is 15.2. The first-order valence-corrected chi connectivity index (χ1v) is 6.95. The Kier molecular flexibility index (Phi) is 4.70. The normalized spacial score (nSPS) is 11.0. The second-order valence-corrected chi connectivity index (χ2v) is 5.33. The highest BCUT2D eigenvalue weighted by Crippen LogP contribution is 2.22. The molecule has 0 aliphatic carbocycles. The van der Waals surface area contributed by atoms with Gasteiger partial charge in [0.05, 0.1) is 11.5 Å². The van der Waals surface area contributed by atoms with Gasteiger partial charge in [0.1, 0.15) is 5.82 Å². The molecule has 1 aromatic carbocycles. The quantitative estimate of drug-likeness (QED) is 0.655. The number of aromatic nitrogens is 2. The lowest BCUT2D eigenvalue weighted by atomic mass is 10.1. The first-order valence-electron chi connectivity index (χ1n) is 6.95. The number of hydrogen-bond donors (Lipinski definition) is 1. The molecule has 0 spiro atoms. The summed E-state index contributed by atoms with van der Waals surface area (Å²) in [7, 11) is 0. The summed E-state index contributed by atoms with van der Waals surface area (Å²) in [6.07, 6.45) is 3.65. The topological polar surface area (TPSA) is 73.0 Å². The van der Waals surface area contributed by atoms with Crippen LogP contribution in [0.4, 0.5) is 5.69 Å². The molecule has 0 aliphatic rings. The maximum Gasteiger partial charge on any atom is 0.272 e. The number of nitrogens with zero attached hydrogens (tertiary/aromatic N) is 3. The van der Waals surface area contributed by atoms with E-state index in [1.807, 2.05) is 16.8 Å². The van der Waals surface area contributed by atoms with Gasteiger partial charge in [-0.3, -0.25) is 10.1 Å². The van der Waals surface area contributed by atoms with Crippen LogP contribution in [0.1, 0.15) is 30.8 Å². The van der Waals surface area contributed by atoms with Crippen LogP contribution in [0.5, 0.6) is 0 Å². The molecule has 0 amide bonds. The van der Waals surface area contributed by atoms with Crippen molar-refractivity contribution in [2.75, 3.05) is 0 Å². The van der Waals surface area contributed by atoms with E-state index >= 15 is 0 Å². The third kappa shape index (κ3) is 3.66. The maximum atomic E-state index is 11.0. The van der Waals surface area contributed by atoms with Gasteiger partial charge in [-0.1, -0.05) is 26.0 Å². The van der Waals surface area contributed by atoms with Gasteiger partial charge in [-0.2, -0.15) is 0 Å². The van der Waals surface area contributed by atoms with Crippen LogP contribution in [-0.2, 0) is 13.1 Å². The van der Waals surface area contributed by atoms with Crippen LogP contribution >= 0.6 is 0 Å². The minimum Gasteiger partial charge on any atom is -0.329 e. The van der Waals surface area contributed by atoms with Gasteiger partial charge >= 0.3 is 0 Å². The van der Waals surface area contributed by atoms with E-state index in [1.54, 1.807) is 19.2 Å². The molecule has 0 saturated carbocycles. The zero-order chi connectivity index (χ0) is 15.4. The molecule has 2 aromatic rings. The van der Waals surface area contributed by atoms with Gasteiger partial charge in [-0.15, -0.1) is 0 Å². The largest absolute Gasteiger partial charge is 0.329 e. The van der Waals surface area contributed by atoms with Crippen molar-refractivity contribution in [3.63, 3.8) is 0 Å². The monoisotopic (exact) mass is 288 g/mol. The summed E-state index contributed by atoms with van der Waals surface area (Å²) in [6, 6.07) is 5.56. The third-order valence-corrected chi connectivity index (χ3v) is 3.42. The molecule has 2 rings (SSSR count). The second-order valence-electron chi connectivity index (χ2n) is 5.33. The maximum absolute atomic E-state index is 11.0. The number of nitro benzene ring substituents is 1. The van der Waals surface area contributed by atoms with Crippen molar-refractivity contribution in [1.29, 1.82) is 0 Å². The fraction of sp³-hybridized carbons (Fsp3) is 0.400.